The van der Waals surface area contributed by atoms with Crippen LogP contribution >= 0.6 is 11.6 Å². The summed E-state index contributed by atoms with van der Waals surface area (Å²) in [7, 11) is 0. The fourth-order valence-electron chi connectivity index (χ4n) is 3.25. The fourth-order valence-corrected chi connectivity index (χ4v) is 3.38. The number of piperazine rings is 1. The van der Waals surface area contributed by atoms with Gasteiger partial charge in [0, 0.05) is 37.6 Å². The van der Waals surface area contributed by atoms with E-state index in [4.69, 9.17) is 21.1 Å². The van der Waals surface area contributed by atoms with Crippen molar-refractivity contribution in [1.29, 1.82) is 0 Å². The van der Waals surface area contributed by atoms with E-state index < -0.39 is 0 Å². The molecule has 1 saturated heterocycles. The number of halogens is 1. The quantitative estimate of drug-likeness (QED) is 0.601. The van der Waals surface area contributed by atoms with Gasteiger partial charge in [0.15, 0.2) is 6.61 Å². The normalized spacial score (nSPS) is 13.8. The summed E-state index contributed by atoms with van der Waals surface area (Å²) in [5.41, 5.74) is 1.09. The number of benzene rings is 2. The fraction of sp³-hybridized carbons (Fsp3) is 0.391. The maximum Gasteiger partial charge on any atom is 0.260 e. The largest absolute Gasteiger partial charge is 0.493 e. The van der Waals surface area contributed by atoms with Crippen molar-refractivity contribution in [3.8, 4) is 11.5 Å². The van der Waals surface area contributed by atoms with Crippen molar-refractivity contribution in [2.24, 2.45) is 0 Å². The lowest BCUT2D eigenvalue weighted by atomic mass is 10.2. The third-order valence-corrected chi connectivity index (χ3v) is 5.30. The average molecular weight is 431 g/mol. The standard InChI is InChI=1S/C23H27ClN2O4/c1-18-5-2-3-6-21(18)29-16-4-7-22(27)25-12-14-26(15-13-25)23(28)17-30-20-10-8-19(24)9-11-20/h2-3,5-6,8-11H,4,7,12-17H2,1H3. The van der Waals surface area contributed by atoms with E-state index in [9.17, 15) is 9.59 Å². The molecule has 1 aliphatic heterocycles. The summed E-state index contributed by atoms with van der Waals surface area (Å²) in [6.07, 6.45) is 1.11. The van der Waals surface area contributed by atoms with Gasteiger partial charge in [0.2, 0.25) is 5.91 Å². The number of aryl methyl sites for hydroxylation is 1. The third-order valence-electron chi connectivity index (χ3n) is 5.05. The molecule has 7 heteroatoms. The number of ether oxygens (including phenoxy) is 2. The highest BCUT2D eigenvalue weighted by Gasteiger charge is 2.24. The summed E-state index contributed by atoms with van der Waals surface area (Å²) in [6, 6.07) is 14.8. The van der Waals surface area contributed by atoms with Crippen molar-refractivity contribution in [3.05, 3.63) is 59.1 Å². The SMILES string of the molecule is Cc1ccccc1OCCCC(=O)N1CCN(C(=O)COc2ccc(Cl)cc2)CC1. The van der Waals surface area contributed by atoms with Gasteiger partial charge >= 0.3 is 0 Å². The van der Waals surface area contributed by atoms with Crippen LogP contribution in [0.1, 0.15) is 18.4 Å². The van der Waals surface area contributed by atoms with Gasteiger partial charge in [-0.1, -0.05) is 29.8 Å². The van der Waals surface area contributed by atoms with Crippen LogP contribution < -0.4 is 9.47 Å². The van der Waals surface area contributed by atoms with Crippen molar-refractivity contribution in [2.45, 2.75) is 19.8 Å². The lowest BCUT2D eigenvalue weighted by Gasteiger charge is -2.34. The Morgan fingerprint density at radius 2 is 1.53 bits per heavy atom. The molecule has 1 aliphatic rings. The molecule has 0 bridgehead atoms. The second-order valence-corrected chi connectivity index (χ2v) is 7.66. The monoisotopic (exact) mass is 430 g/mol. The maximum absolute atomic E-state index is 12.4. The number of nitrogens with zero attached hydrogens (tertiary/aromatic N) is 2. The second kappa shape index (κ2) is 10.9. The van der Waals surface area contributed by atoms with E-state index in [1.54, 1.807) is 29.2 Å². The molecule has 0 spiro atoms. The van der Waals surface area contributed by atoms with Crippen LogP contribution in [0.25, 0.3) is 0 Å². The van der Waals surface area contributed by atoms with Crippen LogP contribution in [-0.4, -0.2) is 61.0 Å². The predicted octanol–water partition coefficient (Wildman–Crippen LogP) is 3.56. The molecule has 2 aromatic carbocycles. The summed E-state index contributed by atoms with van der Waals surface area (Å²) in [6.45, 7) is 4.63. The van der Waals surface area contributed by atoms with Gasteiger partial charge in [-0.25, -0.2) is 0 Å². The van der Waals surface area contributed by atoms with Crippen LogP contribution in [-0.2, 0) is 9.59 Å². The van der Waals surface area contributed by atoms with Crippen LogP contribution in [0.15, 0.2) is 48.5 Å². The number of para-hydroxylation sites is 1. The van der Waals surface area contributed by atoms with E-state index in [2.05, 4.69) is 0 Å². The Hall–Kier alpha value is -2.73. The van der Waals surface area contributed by atoms with E-state index in [0.29, 0.717) is 56.4 Å². The number of rotatable bonds is 8. The molecule has 2 amide bonds. The van der Waals surface area contributed by atoms with Gasteiger partial charge in [-0.15, -0.1) is 0 Å². The van der Waals surface area contributed by atoms with Gasteiger partial charge in [0.25, 0.3) is 5.91 Å². The van der Waals surface area contributed by atoms with E-state index in [1.807, 2.05) is 36.1 Å². The van der Waals surface area contributed by atoms with Crippen molar-refractivity contribution in [3.63, 3.8) is 0 Å². The summed E-state index contributed by atoms with van der Waals surface area (Å²) < 4.78 is 11.3. The molecule has 0 aliphatic carbocycles. The topological polar surface area (TPSA) is 59.1 Å². The van der Waals surface area contributed by atoms with Crippen LogP contribution in [0.5, 0.6) is 11.5 Å². The zero-order valence-corrected chi connectivity index (χ0v) is 17.9. The lowest BCUT2D eigenvalue weighted by Crippen LogP contribution is -2.51. The van der Waals surface area contributed by atoms with Crippen LogP contribution in [0, 0.1) is 6.92 Å². The molecule has 0 aromatic heterocycles. The highest BCUT2D eigenvalue weighted by molar-refractivity contribution is 6.30. The minimum Gasteiger partial charge on any atom is -0.493 e. The molecule has 30 heavy (non-hydrogen) atoms. The molecule has 3 rings (SSSR count). The Kier molecular flexibility index (Phi) is 7.97. The zero-order valence-electron chi connectivity index (χ0n) is 17.2. The molecule has 160 valence electrons. The van der Waals surface area contributed by atoms with Crippen molar-refractivity contribution < 1.29 is 19.1 Å². The molecule has 6 nitrogen and oxygen atoms in total. The molecule has 0 N–H and O–H groups in total. The first kappa shape index (κ1) is 22.0. The number of hydrogen-bond acceptors (Lipinski definition) is 4. The molecule has 1 fully saturated rings. The highest BCUT2D eigenvalue weighted by Crippen LogP contribution is 2.17. The van der Waals surface area contributed by atoms with Gasteiger partial charge in [0.05, 0.1) is 6.61 Å². The first-order valence-electron chi connectivity index (χ1n) is 10.2. The molecular formula is C23H27ClN2O4. The van der Waals surface area contributed by atoms with Crippen LogP contribution in [0.3, 0.4) is 0 Å². The molecule has 2 aromatic rings. The van der Waals surface area contributed by atoms with Crippen molar-refractivity contribution in [2.75, 3.05) is 39.4 Å². The first-order valence-corrected chi connectivity index (χ1v) is 10.5. The Bertz CT molecular complexity index is 849. The summed E-state index contributed by atoms with van der Waals surface area (Å²) in [4.78, 5) is 28.3. The van der Waals surface area contributed by atoms with Crippen molar-refractivity contribution >= 4 is 23.4 Å². The molecule has 0 radical (unpaired) electrons. The van der Waals surface area contributed by atoms with Gasteiger partial charge in [-0.05, 0) is 49.2 Å². The van der Waals surface area contributed by atoms with Crippen LogP contribution in [0.4, 0.5) is 0 Å². The Balaban J connectivity index is 1.33. The van der Waals surface area contributed by atoms with Crippen LogP contribution in [0.2, 0.25) is 5.02 Å². The minimum atomic E-state index is -0.0799. The highest BCUT2D eigenvalue weighted by atomic mass is 35.5. The summed E-state index contributed by atoms with van der Waals surface area (Å²) in [5.74, 6) is 1.49. The summed E-state index contributed by atoms with van der Waals surface area (Å²) in [5, 5.41) is 0.621. The average Bonchev–Trinajstić information content (AvgIpc) is 2.77. The molecule has 1 heterocycles. The van der Waals surface area contributed by atoms with Gasteiger partial charge in [-0.3, -0.25) is 9.59 Å². The second-order valence-electron chi connectivity index (χ2n) is 7.22. The summed E-state index contributed by atoms with van der Waals surface area (Å²) >= 11 is 5.84. The Morgan fingerprint density at radius 3 is 2.20 bits per heavy atom. The van der Waals surface area contributed by atoms with Crippen molar-refractivity contribution in [1.82, 2.24) is 9.80 Å². The minimum absolute atomic E-state index is 0.0220. The molecule has 0 unspecified atom stereocenters. The van der Waals surface area contributed by atoms with Gasteiger partial charge < -0.3 is 19.3 Å². The van der Waals surface area contributed by atoms with Gasteiger partial charge in [0.1, 0.15) is 11.5 Å². The van der Waals surface area contributed by atoms with Gasteiger partial charge in [-0.2, -0.15) is 0 Å². The number of carbonyl (C=O) groups excluding carboxylic acids is 2. The zero-order chi connectivity index (χ0) is 21.3. The number of amides is 2. The molecule has 0 atom stereocenters. The number of carbonyl (C=O) groups is 2. The van der Waals surface area contributed by atoms with E-state index in [1.165, 1.54) is 0 Å². The predicted molar refractivity (Wildman–Crippen MR) is 116 cm³/mol. The first-order chi connectivity index (χ1) is 14.5. The van der Waals surface area contributed by atoms with E-state index >= 15 is 0 Å². The lowest BCUT2D eigenvalue weighted by molar-refractivity contribution is -0.140. The Labute approximate surface area is 182 Å². The number of hydrogen-bond donors (Lipinski definition) is 0. The molecule has 0 saturated carbocycles. The Morgan fingerprint density at radius 1 is 0.900 bits per heavy atom. The van der Waals surface area contributed by atoms with E-state index in [0.717, 1.165) is 11.3 Å². The third kappa shape index (κ3) is 6.39. The maximum atomic E-state index is 12.4. The smallest absolute Gasteiger partial charge is 0.260 e. The molecular weight excluding hydrogens is 404 g/mol. The van der Waals surface area contributed by atoms with E-state index in [-0.39, 0.29) is 18.4 Å².